The van der Waals surface area contributed by atoms with Crippen molar-refractivity contribution in [1.29, 1.82) is 0 Å². The molecule has 0 bridgehead atoms. The van der Waals surface area contributed by atoms with Crippen molar-refractivity contribution in [3.63, 3.8) is 0 Å². The Kier molecular flexibility index (Phi) is 7.23. The molecule has 5 nitrogen and oxygen atoms in total. The highest BCUT2D eigenvalue weighted by molar-refractivity contribution is 5.75. The van der Waals surface area contributed by atoms with E-state index in [-0.39, 0.29) is 12.0 Å². The molecular weight excluding hydrogens is 232 g/mol. The third kappa shape index (κ3) is 4.92. The third-order valence-electron chi connectivity index (χ3n) is 3.49. The van der Waals surface area contributed by atoms with Gasteiger partial charge in [0.15, 0.2) is 0 Å². The van der Waals surface area contributed by atoms with Gasteiger partial charge in [0.2, 0.25) is 0 Å². The average Bonchev–Trinajstić information content (AvgIpc) is 2.40. The third-order valence-corrected chi connectivity index (χ3v) is 3.49. The Morgan fingerprint density at radius 1 is 1.39 bits per heavy atom. The van der Waals surface area contributed by atoms with E-state index in [4.69, 9.17) is 9.47 Å². The van der Waals surface area contributed by atoms with Gasteiger partial charge in [0.05, 0.1) is 7.11 Å². The molecule has 1 N–H and O–H groups in total. The summed E-state index contributed by atoms with van der Waals surface area (Å²) in [7, 11) is 3.20. The van der Waals surface area contributed by atoms with Crippen molar-refractivity contribution in [1.82, 2.24) is 10.2 Å². The van der Waals surface area contributed by atoms with Gasteiger partial charge in [0.25, 0.3) is 0 Å². The monoisotopic (exact) mass is 258 g/mol. The van der Waals surface area contributed by atoms with Crippen molar-refractivity contribution in [2.24, 2.45) is 5.92 Å². The Morgan fingerprint density at radius 2 is 2.06 bits per heavy atom. The summed E-state index contributed by atoms with van der Waals surface area (Å²) < 4.78 is 10.0. The fourth-order valence-electron chi connectivity index (χ4n) is 2.44. The number of hydrogen-bond donors (Lipinski definition) is 1. The molecule has 1 rings (SSSR count). The summed E-state index contributed by atoms with van der Waals surface area (Å²) in [5, 5.41) is 3.18. The molecule has 1 aliphatic rings. The summed E-state index contributed by atoms with van der Waals surface area (Å²) in [6, 6.07) is -0.209. The highest BCUT2D eigenvalue weighted by Gasteiger charge is 2.25. The number of nitrogens with zero attached hydrogens (tertiary/aromatic N) is 1. The van der Waals surface area contributed by atoms with Crippen molar-refractivity contribution in [2.45, 2.75) is 25.8 Å². The van der Waals surface area contributed by atoms with Crippen molar-refractivity contribution in [2.75, 3.05) is 47.0 Å². The van der Waals surface area contributed by atoms with E-state index in [2.05, 4.69) is 10.2 Å². The molecule has 1 fully saturated rings. The van der Waals surface area contributed by atoms with E-state index in [0.717, 1.165) is 45.6 Å². The number of rotatable bonds is 7. The van der Waals surface area contributed by atoms with Crippen LogP contribution in [0.1, 0.15) is 19.8 Å². The summed E-state index contributed by atoms with van der Waals surface area (Å²) in [6.45, 7) is 6.43. The number of nitrogens with one attached hydrogen (secondary N) is 1. The largest absolute Gasteiger partial charge is 0.468 e. The summed E-state index contributed by atoms with van der Waals surface area (Å²) in [5.41, 5.74) is 0. The summed E-state index contributed by atoms with van der Waals surface area (Å²) in [6.07, 6.45) is 2.29. The van der Waals surface area contributed by atoms with Gasteiger partial charge < -0.3 is 19.7 Å². The van der Waals surface area contributed by atoms with Crippen LogP contribution >= 0.6 is 0 Å². The smallest absolute Gasteiger partial charge is 0.324 e. The fraction of sp³-hybridized carbons (Fsp3) is 0.923. The van der Waals surface area contributed by atoms with Gasteiger partial charge in [0, 0.05) is 20.3 Å². The van der Waals surface area contributed by atoms with E-state index in [1.807, 2.05) is 6.92 Å². The van der Waals surface area contributed by atoms with Gasteiger partial charge in [-0.25, -0.2) is 0 Å². The SMILES string of the molecule is CCNC(CN1CCC(COC)CC1)C(=O)OC. The molecule has 5 heteroatoms. The minimum atomic E-state index is -0.209. The van der Waals surface area contributed by atoms with E-state index < -0.39 is 0 Å². The molecule has 0 aromatic carbocycles. The van der Waals surface area contributed by atoms with Gasteiger partial charge >= 0.3 is 5.97 Å². The second-order valence-corrected chi connectivity index (χ2v) is 4.83. The van der Waals surface area contributed by atoms with Crippen LogP contribution < -0.4 is 5.32 Å². The molecule has 0 aromatic rings. The Morgan fingerprint density at radius 3 is 2.56 bits per heavy atom. The van der Waals surface area contributed by atoms with E-state index in [1.165, 1.54) is 7.11 Å². The maximum Gasteiger partial charge on any atom is 0.324 e. The number of carbonyl (C=O) groups excluding carboxylic acids is 1. The molecule has 0 radical (unpaired) electrons. The molecule has 1 aliphatic heterocycles. The number of esters is 1. The lowest BCUT2D eigenvalue weighted by Crippen LogP contribution is -2.48. The van der Waals surface area contributed by atoms with Crippen LogP contribution in [0.25, 0.3) is 0 Å². The average molecular weight is 258 g/mol. The molecule has 0 aromatic heterocycles. The normalized spacial score (nSPS) is 19.7. The van der Waals surface area contributed by atoms with Crippen LogP contribution in [0.5, 0.6) is 0 Å². The number of likely N-dealkylation sites (tertiary alicyclic amines) is 1. The quantitative estimate of drug-likeness (QED) is 0.674. The summed E-state index contributed by atoms with van der Waals surface area (Å²) in [4.78, 5) is 13.9. The van der Waals surface area contributed by atoms with E-state index in [0.29, 0.717) is 5.92 Å². The maximum atomic E-state index is 11.6. The minimum Gasteiger partial charge on any atom is -0.468 e. The Hall–Kier alpha value is -0.650. The van der Waals surface area contributed by atoms with Gasteiger partial charge in [-0.05, 0) is 38.4 Å². The highest BCUT2D eigenvalue weighted by atomic mass is 16.5. The standard InChI is InChI=1S/C13H26N2O3/c1-4-14-12(13(16)18-3)9-15-7-5-11(6-8-15)10-17-2/h11-12,14H,4-10H2,1-3H3. The van der Waals surface area contributed by atoms with Crippen molar-refractivity contribution < 1.29 is 14.3 Å². The molecule has 1 heterocycles. The lowest BCUT2D eigenvalue weighted by atomic mass is 9.97. The first-order valence-corrected chi connectivity index (χ1v) is 6.73. The van der Waals surface area contributed by atoms with E-state index >= 15 is 0 Å². The number of ether oxygens (including phenoxy) is 2. The second-order valence-electron chi connectivity index (χ2n) is 4.83. The first kappa shape index (κ1) is 15.4. The maximum absolute atomic E-state index is 11.6. The molecule has 0 saturated carbocycles. The van der Waals surface area contributed by atoms with E-state index in [1.54, 1.807) is 7.11 Å². The molecule has 0 amide bonds. The van der Waals surface area contributed by atoms with Gasteiger partial charge in [0.1, 0.15) is 6.04 Å². The van der Waals surface area contributed by atoms with Crippen LogP contribution in [0.4, 0.5) is 0 Å². The van der Waals surface area contributed by atoms with Crippen molar-refractivity contribution >= 4 is 5.97 Å². The molecular formula is C13H26N2O3. The fourth-order valence-corrected chi connectivity index (χ4v) is 2.44. The van der Waals surface area contributed by atoms with Crippen LogP contribution in [0.2, 0.25) is 0 Å². The van der Waals surface area contributed by atoms with Crippen LogP contribution in [-0.2, 0) is 14.3 Å². The molecule has 18 heavy (non-hydrogen) atoms. The van der Waals surface area contributed by atoms with Gasteiger partial charge in [-0.2, -0.15) is 0 Å². The summed E-state index contributed by atoms with van der Waals surface area (Å²) >= 11 is 0. The number of methoxy groups -OCH3 is 2. The van der Waals surface area contributed by atoms with Crippen LogP contribution in [-0.4, -0.2) is 63.9 Å². The van der Waals surface area contributed by atoms with Gasteiger partial charge in [-0.1, -0.05) is 6.92 Å². The number of carbonyl (C=O) groups is 1. The molecule has 106 valence electrons. The summed E-state index contributed by atoms with van der Waals surface area (Å²) in [5.74, 6) is 0.498. The molecule has 1 unspecified atom stereocenters. The first-order chi connectivity index (χ1) is 8.71. The van der Waals surface area contributed by atoms with E-state index in [9.17, 15) is 4.79 Å². The predicted molar refractivity (Wildman–Crippen MR) is 70.5 cm³/mol. The lowest BCUT2D eigenvalue weighted by molar-refractivity contribution is -0.143. The minimum absolute atomic E-state index is 0.170. The topological polar surface area (TPSA) is 50.8 Å². The predicted octanol–water partition coefficient (Wildman–Crippen LogP) is 0.496. The zero-order chi connectivity index (χ0) is 13.4. The number of likely N-dealkylation sites (N-methyl/N-ethyl adjacent to an activating group) is 1. The van der Waals surface area contributed by atoms with Crippen LogP contribution in [0.3, 0.4) is 0 Å². The zero-order valence-corrected chi connectivity index (χ0v) is 11.8. The molecule has 0 aliphatic carbocycles. The molecule has 0 spiro atoms. The van der Waals surface area contributed by atoms with Crippen molar-refractivity contribution in [3.8, 4) is 0 Å². The molecule has 1 atom stereocenters. The van der Waals surface area contributed by atoms with Crippen LogP contribution in [0, 0.1) is 5.92 Å². The number of hydrogen-bond acceptors (Lipinski definition) is 5. The first-order valence-electron chi connectivity index (χ1n) is 6.73. The zero-order valence-electron chi connectivity index (χ0n) is 11.8. The highest BCUT2D eigenvalue weighted by Crippen LogP contribution is 2.17. The Bertz CT molecular complexity index is 240. The lowest BCUT2D eigenvalue weighted by Gasteiger charge is -2.33. The Labute approximate surface area is 110 Å². The second kappa shape index (κ2) is 8.45. The molecule has 1 saturated heterocycles. The Balaban J connectivity index is 2.35. The number of piperidine rings is 1. The van der Waals surface area contributed by atoms with Crippen molar-refractivity contribution in [3.05, 3.63) is 0 Å². The van der Waals surface area contributed by atoms with Gasteiger partial charge in [-0.15, -0.1) is 0 Å². The van der Waals surface area contributed by atoms with Crippen LogP contribution in [0.15, 0.2) is 0 Å². The van der Waals surface area contributed by atoms with Gasteiger partial charge in [-0.3, -0.25) is 4.79 Å².